The molecule has 0 aliphatic heterocycles. The van der Waals surface area contributed by atoms with Gasteiger partial charge in [-0.1, -0.05) is 26.0 Å². The van der Waals surface area contributed by atoms with E-state index in [4.69, 9.17) is 4.55 Å². The number of esters is 2. The molecular weight excluding hydrogens is 386 g/mol. The lowest BCUT2D eigenvalue weighted by Crippen LogP contribution is -2.52. The second kappa shape index (κ2) is 5.27. The van der Waals surface area contributed by atoms with E-state index in [-0.39, 0.29) is 5.57 Å². The van der Waals surface area contributed by atoms with E-state index in [0.717, 1.165) is 6.92 Å². The number of halogens is 6. The van der Waals surface area contributed by atoms with Gasteiger partial charge in [0.25, 0.3) is 0 Å². The van der Waals surface area contributed by atoms with E-state index in [0.29, 0.717) is 0 Å². The van der Waals surface area contributed by atoms with Crippen LogP contribution >= 0.6 is 10.2 Å². The number of carbonyl (C=O) groups is 2. The third kappa shape index (κ3) is 4.51. The molecule has 0 radical (unpaired) electrons. The lowest BCUT2D eigenvalue weighted by Gasteiger charge is -2.46. The minimum absolute atomic E-state index is 0.180. The quantitative estimate of drug-likeness (QED) is 0.232. The molecule has 0 aromatic carbocycles. The third-order valence-corrected chi connectivity index (χ3v) is 5.54. The average Bonchev–Trinajstić information content (AvgIpc) is 2.27. The first-order valence-electron chi connectivity index (χ1n) is 5.13. The second-order valence-corrected chi connectivity index (χ2v) is 8.30. The molecule has 0 heterocycles. The third-order valence-electron chi connectivity index (χ3n) is 1.97. The Labute approximate surface area is 125 Å². The van der Waals surface area contributed by atoms with E-state index in [2.05, 4.69) is 16.1 Å². The summed E-state index contributed by atoms with van der Waals surface area (Å²) in [5.74, 6) is -4.72. The smallest absolute Gasteiger partial charge is 0.459 e. The lowest BCUT2D eigenvalue weighted by atomic mass is 10.4. The van der Waals surface area contributed by atoms with Crippen molar-refractivity contribution in [1.29, 1.82) is 0 Å². The Morgan fingerprint density at radius 2 is 1.52 bits per heavy atom. The van der Waals surface area contributed by atoms with Crippen LogP contribution in [0.4, 0.5) is 23.8 Å². The summed E-state index contributed by atoms with van der Waals surface area (Å²) in [5, 5.41) is 0. The summed E-state index contributed by atoms with van der Waals surface area (Å²) in [7, 11) is -19.0. The molecule has 23 heavy (non-hydrogen) atoms. The molecule has 138 valence electrons. The molecule has 1 N–H and O–H groups in total. The van der Waals surface area contributed by atoms with Crippen LogP contribution in [0.2, 0.25) is 0 Å². The van der Waals surface area contributed by atoms with Gasteiger partial charge in [0.05, 0.1) is 0 Å². The highest BCUT2D eigenvalue weighted by Gasteiger charge is 2.91. The van der Waals surface area contributed by atoms with Crippen molar-refractivity contribution in [2.24, 2.45) is 0 Å². The fourth-order valence-corrected chi connectivity index (χ4v) is 3.18. The van der Waals surface area contributed by atoms with Crippen molar-refractivity contribution >= 4 is 32.3 Å². The highest BCUT2D eigenvalue weighted by molar-refractivity contribution is 8.51. The zero-order chi connectivity index (χ0) is 19.0. The molecule has 0 rings (SSSR count). The summed E-state index contributed by atoms with van der Waals surface area (Å²) < 4.78 is 105. The maximum absolute atomic E-state index is 13.4. The van der Waals surface area contributed by atoms with Crippen molar-refractivity contribution in [2.45, 2.75) is 11.3 Å². The number of hydrogen-bond donors (Lipinski definition) is 1. The van der Waals surface area contributed by atoms with Crippen molar-refractivity contribution < 1.29 is 55.9 Å². The fourth-order valence-electron chi connectivity index (χ4n) is 0.940. The molecule has 1 unspecified atom stereocenters. The lowest BCUT2D eigenvalue weighted by molar-refractivity contribution is -0.154. The summed E-state index contributed by atoms with van der Waals surface area (Å²) in [6, 6.07) is 0. The van der Waals surface area contributed by atoms with Crippen LogP contribution in [0, 0.1) is 0 Å². The minimum Gasteiger partial charge on any atom is -0.459 e. The van der Waals surface area contributed by atoms with Gasteiger partial charge in [0.15, 0.2) is 0 Å². The first-order chi connectivity index (χ1) is 9.74. The molecule has 0 saturated carbocycles. The monoisotopic (exact) mass is 396 g/mol. The summed E-state index contributed by atoms with van der Waals surface area (Å²) in [6.07, 6.45) is 0. The molecule has 0 fully saturated rings. The number of alkyl halides is 1. The number of hydrogen-bond acceptors (Lipinski definition) is 6. The van der Waals surface area contributed by atoms with Crippen LogP contribution in [-0.2, 0) is 29.2 Å². The van der Waals surface area contributed by atoms with Gasteiger partial charge in [0, 0.05) is 5.57 Å². The standard InChI is InChI=1S/C8H10F6O7S2/c1-5(2)6(15)20-3-4-21-7(16)8(9,22(17,18)19)23(10,11,12,13)14/h1,3-4H2,2H3,(H,17,18,19). The van der Waals surface area contributed by atoms with E-state index >= 15 is 0 Å². The van der Waals surface area contributed by atoms with Gasteiger partial charge in [0.1, 0.15) is 13.2 Å². The molecule has 0 bridgehead atoms. The first kappa shape index (κ1) is 21.5. The normalized spacial score (nSPS) is 18.1. The van der Waals surface area contributed by atoms with Crippen molar-refractivity contribution in [3.05, 3.63) is 12.2 Å². The Morgan fingerprint density at radius 3 is 1.83 bits per heavy atom. The zero-order valence-electron chi connectivity index (χ0n) is 11.1. The minimum atomic E-state index is -11.7. The van der Waals surface area contributed by atoms with E-state index in [9.17, 15) is 41.8 Å². The predicted octanol–water partition coefficient (Wildman–Crippen LogP) is 2.46. The van der Waals surface area contributed by atoms with Gasteiger partial charge >= 0.3 is 36.6 Å². The highest BCUT2D eigenvalue weighted by Crippen LogP contribution is 3.04. The molecule has 15 heteroatoms. The molecule has 0 amide bonds. The molecule has 0 saturated heterocycles. The molecule has 7 nitrogen and oxygen atoms in total. The molecule has 0 spiro atoms. The number of ether oxygens (including phenoxy) is 2. The van der Waals surface area contributed by atoms with Gasteiger partial charge < -0.3 is 9.47 Å². The number of carbonyl (C=O) groups excluding carboxylic acids is 2. The number of rotatable bonds is 7. The predicted molar refractivity (Wildman–Crippen MR) is 65.3 cm³/mol. The fraction of sp³-hybridized carbons (Fsp3) is 0.500. The Morgan fingerprint density at radius 1 is 1.13 bits per heavy atom. The topological polar surface area (TPSA) is 107 Å². The van der Waals surface area contributed by atoms with Crippen LogP contribution in [0.5, 0.6) is 0 Å². The summed E-state index contributed by atoms with van der Waals surface area (Å²) in [5.41, 5.74) is -0.180. The van der Waals surface area contributed by atoms with Crippen molar-refractivity contribution in [3.63, 3.8) is 0 Å². The van der Waals surface area contributed by atoms with Crippen molar-refractivity contribution in [2.75, 3.05) is 13.2 Å². The Kier molecular flexibility index (Phi) is 4.93. The summed E-state index contributed by atoms with van der Waals surface area (Å²) in [4.78, 5) is 21.7. The molecule has 0 aromatic heterocycles. The second-order valence-electron chi connectivity index (χ2n) is 4.03. The molecule has 0 aromatic rings. The van der Waals surface area contributed by atoms with Gasteiger partial charge in [0.2, 0.25) is 0 Å². The van der Waals surface area contributed by atoms with Gasteiger partial charge in [-0.25, -0.2) is 9.59 Å². The van der Waals surface area contributed by atoms with E-state index in [1.165, 1.54) is 0 Å². The first-order valence-corrected chi connectivity index (χ1v) is 8.52. The van der Waals surface area contributed by atoms with Gasteiger partial charge in [-0.05, 0) is 6.92 Å². The SMILES string of the molecule is C=C(C)C(=O)OCCOC(=O)C(F)(S(=O)(=O)O)S(F)(F)(F)(F)F. The summed E-state index contributed by atoms with van der Waals surface area (Å²) in [6.45, 7) is 1.84. The molecule has 0 aliphatic rings. The van der Waals surface area contributed by atoms with Gasteiger partial charge in [-0.3, -0.25) is 4.55 Å². The van der Waals surface area contributed by atoms with Crippen LogP contribution in [0.15, 0.2) is 12.2 Å². The van der Waals surface area contributed by atoms with E-state index in [1.54, 1.807) is 0 Å². The highest BCUT2D eigenvalue weighted by atomic mass is 32.5. The zero-order valence-corrected chi connectivity index (χ0v) is 12.7. The van der Waals surface area contributed by atoms with Crippen molar-refractivity contribution in [3.8, 4) is 0 Å². The average molecular weight is 396 g/mol. The Hall–Kier alpha value is -1.48. The van der Waals surface area contributed by atoms with Crippen LogP contribution in [-0.4, -0.2) is 42.5 Å². The maximum atomic E-state index is 13.4. The Bertz CT molecular complexity index is 640. The molecular formula is C8H10F6O7S2. The van der Waals surface area contributed by atoms with Gasteiger partial charge in [-0.15, -0.1) is 0 Å². The Balaban J connectivity index is 5.34. The van der Waals surface area contributed by atoms with E-state index in [1.807, 2.05) is 0 Å². The maximum Gasteiger partial charge on any atom is 0.463 e. The molecule has 1 atom stereocenters. The van der Waals surface area contributed by atoms with Crippen LogP contribution in [0.3, 0.4) is 0 Å². The van der Waals surface area contributed by atoms with Crippen LogP contribution in [0.1, 0.15) is 6.92 Å². The van der Waals surface area contributed by atoms with E-state index < -0.39 is 49.8 Å². The van der Waals surface area contributed by atoms with Crippen molar-refractivity contribution in [1.82, 2.24) is 0 Å². The van der Waals surface area contributed by atoms with Crippen LogP contribution < -0.4 is 0 Å². The molecule has 0 aliphatic carbocycles. The summed E-state index contributed by atoms with van der Waals surface area (Å²) >= 11 is 0. The van der Waals surface area contributed by atoms with Crippen LogP contribution in [0.25, 0.3) is 0 Å². The van der Waals surface area contributed by atoms with Gasteiger partial charge in [-0.2, -0.15) is 12.8 Å². The largest absolute Gasteiger partial charge is 0.463 e.